The Morgan fingerprint density at radius 3 is 2.90 bits per heavy atom. The maximum absolute atomic E-state index is 12.7. The first-order valence-electron chi connectivity index (χ1n) is 7.29. The fraction of sp³-hybridized carbons (Fsp3) is 0.533. The highest BCUT2D eigenvalue weighted by molar-refractivity contribution is 7.89. The van der Waals surface area contributed by atoms with E-state index in [0.717, 1.165) is 25.9 Å². The van der Waals surface area contributed by atoms with Gasteiger partial charge in [0.15, 0.2) is 0 Å². The molecule has 1 aliphatic rings. The zero-order chi connectivity index (χ0) is 15.3. The Labute approximate surface area is 126 Å². The molecule has 1 aliphatic heterocycles. The van der Waals surface area contributed by atoms with Crippen molar-refractivity contribution in [2.24, 2.45) is 5.92 Å². The van der Waals surface area contributed by atoms with E-state index < -0.39 is 10.0 Å². The predicted octanol–water partition coefficient (Wildman–Crippen LogP) is 1.57. The Kier molecular flexibility index (Phi) is 5.34. The van der Waals surface area contributed by atoms with E-state index in [1.807, 2.05) is 13.0 Å². The van der Waals surface area contributed by atoms with Gasteiger partial charge in [-0.25, -0.2) is 8.42 Å². The molecule has 0 spiro atoms. The number of sulfonamides is 1. The maximum Gasteiger partial charge on any atom is 0.243 e. The van der Waals surface area contributed by atoms with Crippen LogP contribution in [0.25, 0.3) is 0 Å². The van der Waals surface area contributed by atoms with E-state index in [1.54, 1.807) is 18.2 Å². The summed E-state index contributed by atoms with van der Waals surface area (Å²) in [7, 11) is -3.53. The van der Waals surface area contributed by atoms with Gasteiger partial charge in [-0.15, -0.1) is 0 Å². The van der Waals surface area contributed by atoms with Crippen molar-refractivity contribution in [3.8, 4) is 6.07 Å². The molecule has 1 unspecified atom stereocenters. The van der Waals surface area contributed by atoms with Crippen LogP contribution in [0.2, 0.25) is 0 Å². The van der Waals surface area contributed by atoms with Crippen LogP contribution in [0.3, 0.4) is 0 Å². The minimum absolute atomic E-state index is 0.201. The van der Waals surface area contributed by atoms with Gasteiger partial charge in [-0.05, 0) is 50.0 Å². The van der Waals surface area contributed by atoms with Crippen molar-refractivity contribution in [2.75, 3.05) is 26.2 Å². The number of piperidine rings is 1. The number of nitrogens with zero attached hydrogens (tertiary/aromatic N) is 2. The average Bonchev–Trinajstić information content (AvgIpc) is 2.53. The van der Waals surface area contributed by atoms with Crippen molar-refractivity contribution >= 4 is 10.0 Å². The lowest BCUT2D eigenvalue weighted by Crippen LogP contribution is -2.40. The van der Waals surface area contributed by atoms with E-state index in [9.17, 15) is 8.42 Å². The quantitative estimate of drug-likeness (QED) is 0.896. The van der Waals surface area contributed by atoms with Crippen LogP contribution in [0.5, 0.6) is 0 Å². The van der Waals surface area contributed by atoms with Gasteiger partial charge in [0.05, 0.1) is 16.5 Å². The highest BCUT2D eigenvalue weighted by Crippen LogP contribution is 2.20. The second kappa shape index (κ2) is 7.03. The highest BCUT2D eigenvalue weighted by atomic mass is 32.2. The summed E-state index contributed by atoms with van der Waals surface area (Å²) < 4.78 is 26.9. The van der Waals surface area contributed by atoms with Gasteiger partial charge >= 0.3 is 0 Å². The fourth-order valence-electron chi connectivity index (χ4n) is 2.64. The average molecular weight is 307 g/mol. The molecule has 0 amide bonds. The zero-order valence-corrected chi connectivity index (χ0v) is 13.1. The molecule has 1 N–H and O–H groups in total. The molecule has 1 heterocycles. The van der Waals surface area contributed by atoms with Gasteiger partial charge in [0.2, 0.25) is 10.0 Å². The summed E-state index contributed by atoms with van der Waals surface area (Å²) in [6.07, 6.45) is 2.14. The summed E-state index contributed by atoms with van der Waals surface area (Å²) in [4.78, 5) is 0.201. The number of hydrogen-bond acceptors (Lipinski definition) is 4. The molecule has 114 valence electrons. The Hall–Kier alpha value is -1.42. The molecule has 0 radical (unpaired) electrons. The lowest BCUT2D eigenvalue weighted by atomic mass is 10.00. The van der Waals surface area contributed by atoms with Crippen molar-refractivity contribution in [1.29, 1.82) is 5.26 Å². The van der Waals surface area contributed by atoms with Gasteiger partial charge in [-0.2, -0.15) is 9.57 Å². The third kappa shape index (κ3) is 3.82. The van der Waals surface area contributed by atoms with Crippen LogP contribution in [0, 0.1) is 17.2 Å². The molecular formula is C15H21N3O2S. The molecule has 1 fully saturated rings. The van der Waals surface area contributed by atoms with Gasteiger partial charge in [-0.3, -0.25) is 0 Å². The smallest absolute Gasteiger partial charge is 0.243 e. The van der Waals surface area contributed by atoms with Crippen LogP contribution in [-0.4, -0.2) is 38.9 Å². The molecule has 1 aromatic carbocycles. The molecule has 21 heavy (non-hydrogen) atoms. The summed E-state index contributed by atoms with van der Waals surface area (Å²) in [5, 5.41) is 12.2. The summed E-state index contributed by atoms with van der Waals surface area (Å²) in [5.41, 5.74) is 0.367. The number of benzene rings is 1. The van der Waals surface area contributed by atoms with Crippen molar-refractivity contribution in [2.45, 2.75) is 24.7 Å². The second-order valence-electron chi connectivity index (χ2n) is 5.31. The van der Waals surface area contributed by atoms with Crippen molar-refractivity contribution < 1.29 is 8.42 Å². The first-order chi connectivity index (χ1) is 10.1. The minimum Gasteiger partial charge on any atom is -0.316 e. The van der Waals surface area contributed by atoms with Crippen LogP contribution in [-0.2, 0) is 10.0 Å². The lowest BCUT2D eigenvalue weighted by Gasteiger charge is -2.29. The fourth-order valence-corrected chi connectivity index (χ4v) is 4.21. The SMILES string of the molecule is CCN(CC1CCCNC1)S(=O)(=O)c1cccc(C#N)c1. The lowest BCUT2D eigenvalue weighted by molar-refractivity contribution is 0.298. The number of rotatable bonds is 5. The number of hydrogen-bond donors (Lipinski definition) is 1. The van der Waals surface area contributed by atoms with Crippen LogP contribution in [0.1, 0.15) is 25.3 Å². The molecule has 0 saturated carbocycles. The van der Waals surface area contributed by atoms with E-state index in [0.29, 0.717) is 24.6 Å². The van der Waals surface area contributed by atoms with Crippen LogP contribution in [0.15, 0.2) is 29.2 Å². The molecule has 6 heteroatoms. The van der Waals surface area contributed by atoms with Crippen LogP contribution in [0.4, 0.5) is 0 Å². The van der Waals surface area contributed by atoms with Gasteiger partial charge in [0.1, 0.15) is 0 Å². The number of nitrogens with one attached hydrogen (secondary N) is 1. The summed E-state index contributed by atoms with van der Waals surface area (Å²) in [6.45, 7) is 4.70. The van der Waals surface area contributed by atoms with Gasteiger partial charge < -0.3 is 5.32 Å². The highest BCUT2D eigenvalue weighted by Gasteiger charge is 2.26. The molecular weight excluding hydrogens is 286 g/mol. The second-order valence-corrected chi connectivity index (χ2v) is 7.25. The van der Waals surface area contributed by atoms with E-state index >= 15 is 0 Å². The van der Waals surface area contributed by atoms with Gasteiger partial charge in [0, 0.05) is 13.1 Å². The van der Waals surface area contributed by atoms with Gasteiger partial charge in [0.25, 0.3) is 0 Å². The minimum atomic E-state index is -3.53. The van der Waals surface area contributed by atoms with Gasteiger partial charge in [-0.1, -0.05) is 13.0 Å². The Morgan fingerprint density at radius 2 is 2.29 bits per heavy atom. The molecule has 1 aromatic rings. The van der Waals surface area contributed by atoms with E-state index in [-0.39, 0.29) is 4.90 Å². The van der Waals surface area contributed by atoms with E-state index in [4.69, 9.17) is 5.26 Å². The maximum atomic E-state index is 12.7. The zero-order valence-electron chi connectivity index (χ0n) is 12.2. The molecule has 0 aliphatic carbocycles. The van der Waals surface area contributed by atoms with E-state index in [2.05, 4.69) is 5.32 Å². The molecule has 0 bridgehead atoms. The third-order valence-electron chi connectivity index (χ3n) is 3.81. The molecule has 5 nitrogen and oxygen atoms in total. The largest absolute Gasteiger partial charge is 0.316 e. The predicted molar refractivity (Wildman–Crippen MR) is 81.2 cm³/mol. The van der Waals surface area contributed by atoms with Crippen molar-refractivity contribution in [1.82, 2.24) is 9.62 Å². The Bertz CT molecular complexity index is 616. The molecule has 2 rings (SSSR count). The normalized spacial score (nSPS) is 19.4. The molecule has 1 atom stereocenters. The Balaban J connectivity index is 2.20. The van der Waals surface area contributed by atoms with E-state index in [1.165, 1.54) is 10.4 Å². The van der Waals surface area contributed by atoms with Crippen LogP contribution >= 0.6 is 0 Å². The van der Waals surface area contributed by atoms with Crippen LogP contribution < -0.4 is 5.32 Å². The van der Waals surface area contributed by atoms with Crippen molar-refractivity contribution in [3.63, 3.8) is 0 Å². The molecule has 0 aromatic heterocycles. The first-order valence-corrected chi connectivity index (χ1v) is 8.73. The standard InChI is InChI=1S/C15H21N3O2S/c1-2-18(12-14-6-4-8-17-11-14)21(19,20)15-7-3-5-13(9-15)10-16/h3,5,7,9,14,17H,2,4,6,8,11-12H2,1H3. The Morgan fingerprint density at radius 1 is 1.48 bits per heavy atom. The van der Waals surface area contributed by atoms with Crippen molar-refractivity contribution in [3.05, 3.63) is 29.8 Å². The summed E-state index contributed by atoms with van der Waals surface area (Å²) in [6, 6.07) is 8.20. The summed E-state index contributed by atoms with van der Waals surface area (Å²) >= 11 is 0. The monoisotopic (exact) mass is 307 g/mol. The number of nitriles is 1. The topological polar surface area (TPSA) is 73.2 Å². The molecule has 1 saturated heterocycles. The third-order valence-corrected chi connectivity index (χ3v) is 5.75. The summed E-state index contributed by atoms with van der Waals surface area (Å²) in [5.74, 6) is 0.354. The first kappa shape index (κ1) is 16.0.